The highest BCUT2D eigenvalue weighted by molar-refractivity contribution is 9.10. The van der Waals surface area contributed by atoms with Crippen molar-refractivity contribution in [3.05, 3.63) is 27.7 Å². The monoisotopic (exact) mass is 390 g/mol. The smallest absolute Gasteiger partial charge is 0.125 e. The van der Waals surface area contributed by atoms with E-state index >= 15 is 0 Å². The highest BCUT2D eigenvalue weighted by atomic mass is 79.9. The number of benzene rings is 1. The second-order valence-corrected chi connectivity index (χ2v) is 7.89. The molecule has 0 saturated heterocycles. The number of rotatable bonds is 5. The van der Waals surface area contributed by atoms with Crippen molar-refractivity contribution in [2.75, 3.05) is 18.4 Å². The number of alkyl halides is 2. The van der Waals surface area contributed by atoms with Crippen LogP contribution in [0, 0.1) is 11.3 Å². The van der Waals surface area contributed by atoms with Crippen molar-refractivity contribution in [1.29, 1.82) is 0 Å². The Morgan fingerprint density at radius 3 is 2.57 bits per heavy atom. The van der Waals surface area contributed by atoms with Gasteiger partial charge in [0.2, 0.25) is 0 Å². The van der Waals surface area contributed by atoms with Crippen LogP contribution in [-0.4, -0.2) is 18.4 Å². The molecule has 1 aromatic rings. The molecular formula is C17H21BrCl2O. The fraction of sp³-hybridized carbons (Fsp3) is 0.647. The number of hydrogen-bond acceptors (Lipinski definition) is 1. The molecular weight excluding hydrogens is 371 g/mol. The molecule has 4 heteroatoms. The standard InChI is InChI=1S/C17H21BrCl2O/c18-15-7-12-5-6-21-16(12)13(8-15)9-17(10-19,11-20)14-3-1-2-4-14/h7-8,14H,1-6,9-11H2. The summed E-state index contributed by atoms with van der Waals surface area (Å²) in [5.74, 6) is 2.98. The van der Waals surface area contributed by atoms with Crippen molar-refractivity contribution in [3.8, 4) is 5.75 Å². The third-order valence-electron chi connectivity index (χ3n) is 5.12. The molecule has 1 nitrogen and oxygen atoms in total. The molecule has 0 amide bonds. The van der Waals surface area contributed by atoms with Gasteiger partial charge >= 0.3 is 0 Å². The molecule has 1 aliphatic carbocycles. The quantitative estimate of drug-likeness (QED) is 0.595. The van der Waals surface area contributed by atoms with Gasteiger partial charge < -0.3 is 4.74 Å². The molecule has 1 aliphatic heterocycles. The highest BCUT2D eigenvalue weighted by Gasteiger charge is 2.40. The topological polar surface area (TPSA) is 9.23 Å². The first-order valence-corrected chi connectivity index (χ1v) is 9.61. The van der Waals surface area contributed by atoms with Crippen LogP contribution in [0.4, 0.5) is 0 Å². The van der Waals surface area contributed by atoms with Crippen molar-refractivity contribution in [3.63, 3.8) is 0 Å². The van der Waals surface area contributed by atoms with Gasteiger partial charge in [-0.1, -0.05) is 28.8 Å². The molecule has 0 radical (unpaired) electrons. The minimum absolute atomic E-state index is 0.000123. The van der Waals surface area contributed by atoms with E-state index in [0.29, 0.717) is 17.7 Å². The molecule has 3 rings (SSSR count). The Morgan fingerprint density at radius 2 is 1.90 bits per heavy atom. The summed E-state index contributed by atoms with van der Waals surface area (Å²) in [5.41, 5.74) is 2.58. The van der Waals surface area contributed by atoms with Crippen LogP contribution >= 0.6 is 39.1 Å². The summed E-state index contributed by atoms with van der Waals surface area (Å²) in [6, 6.07) is 4.36. The molecule has 1 saturated carbocycles. The van der Waals surface area contributed by atoms with Crippen molar-refractivity contribution in [2.24, 2.45) is 11.3 Å². The Bertz CT molecular complexity index is 508. The summed E-state index contributed by atoms with van der Waals surface area (Å²) in [7, 11) is 0. The first-order chi connectivity index (χ1) is 10.2. The van der Waals surface area contributed by atoms with Crippen LogP contribution in [0.3, 0.4) is 0 Å². The maximum absolute atomic E-state index is 6.41. The summed E-state index contributed by atoms with van der Waals surface area (Å²) in [5, 5.41) is 0. The van der Waals surface area contributed by atoms with Crippen molar-refractivity contribution in [2.45, 2.75) is 38.5 Å². The van der Waals surface area contributed by atoms with Gasteiger partial charge in [-0.2, -0.15) is 0 Å². The van der Waals surface area contributed by atoms with E-state index in [1.165, 1.54) is 36.8 Å². The largest absolute Gasteiger partial charge is 0.493 e. The van der Waals surface area contributed by atoms with Gasteiger partial charge in [-0.05, 0) is 48.4 Å². The summed E-state index contributed by atoms with van der Waals surface area (Å²) in [4.78, 5) is 0. The molecule has 0 N–H and O–H groups in total. The third-order valence-corrected chi connectivity index (χ3v) is 6.64. The average molecular weight is 392 g/mol. The van der Waals surface area contributed by atoms with Gasteiger partial charge in [0.25, 0.3) is 0 Å². The fourth-order valence-electron chi connectivity index (χ4n) is 3.89. The molecule has 1 aromatic carbocycles. The highest BCUT2D eigenvalue weighted by Crippen LogP contribution is 2.46. The second kappa shape index (κ2) is 6.68. The van der Waals surface area contributed by atoms with E-state index in [2.05, 4.69) is 28.1 Å². The summed E-state index contributed by atoms with van der Waals surface area (Å²) >= 11 is 16.4. The Morgan fingerprint density at radius 1 is 1.19 bits per heavy atom. The zero-order valence-corrected chi connectivity index (χ0v) is 15.2. The number of halogens is 3. The van der Waals surface area contributed by atoms with Gasteiger partial charge in [0, 0.05) is 28.1 Å². The third kappa shape index (κ3) is 3.09. The predicted molar refractivity (Wildman–Crippen MR) is 92.9 cm³/mol. The van der Waals surface area contributed by atoms with Crippen molar-refractivity contribution in [1.82, 2.24) is 0 Å². The SMILES string of the molecule is ClCC(CCl)(Cc1cc(Br)cc2c1OCC2)C1CCCC1. The maximum atomic E-state index is 6.41. The van der Waals surface area contributed by atoms with Crippen LogP contribution < -0.4 is 4.74 Å². The zero-order valence-electron chi connectivity index (χ0n) is 12.1. The van der Waals surface area contributed by atoms with E-state index in [9.17, 15) is 0 Å². The normalized spacial score (nSPS) is 18.8. The first-order valence-electron chi connectivity index (χ1n) is 7.74. The number of hydrogen-bond donors (Lipinski definition) is 0. The van der Waals surface area contributed by atoms with Crippen LogP contribution in [0.5, 0.6) is 5.75 Å². The lowest BCUT2D eigenvalue weighted by Gasteiger charge is -2.36. The van der Waals surface area contributed by atoms with E-state index in [1.54, 1.807) is 0 Å². The first kappa shape index (κ1) is 16.0. The van der Waals surface area contributed by atoms with Gasteiger partial charge in [-0.15, -0.1) is 23.2 Å². The summed E-state index contributed by atoms with van der Waals surface area (Å²) in [6.45, 7) is 0.789. The Balaban J connectivity index is 1.93. The predicted octanol–water partition coefficient (Wildman–Crippen LogP) is 5.58. The number of fused-ring (bicyclic) bond motifs is 1. The maximum Gasteiger partial charge on any atom is 0.125 e. The summed E-state index contributed by atoms with van der Waals surface area (Å²) < 4.78 is 7.01. The van der Waals surface area contributed by atoms with Crippen molar-refractivity contribution < 1.29 is 4.74 Å². The van der Waals surface area contributed by atoms with Gasteiger partial charge in [-0.3, -0.25) is 0 Å². The molecule has 21 heavy (non-hydrogen) atoms. The van der Waals surface area contributed by atoms with E-state index in [4.69, 9.17) is 27.9 Å². The molecule has 0 bridgehead atoms. The lowest BCUT2D eigenvalue weighted by molar-refractivity contribution is 0.222. The lowest BCUT2D eigenvalue weighted by atomic mass is 9.73. The minimum atomic E-state index is 0.000123. The molecule has 1 heterocycles. The van der Waals surface area contributed by atoms with Crippen LogP contribution in [0.1, 0.15) is 36.8 Å². The summed E-state index contributed by atoms with van der Waals surface area (Å²) in [6.07, 6.45) is 7.07. The van der Waals surface area contributed by atoms with Crippen molar-refractivity contribution >= 4 is 39.1 Å². The van der Waals surface area contributed by atoms with Crippen LogP contribution in [0.2, 0.25) is 0 Å². The molecule has 116 valence electrons. The zero-order chi connectivity index (χ0) is 14.9. The Hall–Kier alpha value is 0.0800. The van der Waals surface area contributed by atoms with Crippen LogP contribution in [0.25, 0.3) is 0 Å². The lowest BCUT2D eigenvalue weighted by Crippen LogP contribution is -2.35. The molecule has 0 spiro atoms. The average Bonchev–Trinajstić information content (AvgIpc) is 3.15. The van der Waals surface area contributed by atoms with E-state index in [1.807, 2.05) is 0 Å². The van der Waals surface area contributed by atoms with Crippen LogP contribution in [0.15, 0.2) is 16.6 Å². The fourth-order valence-corrected chi connectivity index (χ4v) is 5.35. The molecule has 1 fully saturated rings. The molecule has 2 aliphatic rings. The molecule has 0 aromatic heterocycles. The van der Waals surface area contributed by atoms with E-state index in [-0.39, 0.29) is 5.41 Å². The molecule has 0 atom stereocenters. The Kier molecular flexibility index (Phi) is 5.08. The minimum Gasteiger partial charge on any atom is -0.493 e. The van der Waals surface area contributed by atoms with Crippen LogP contribution in [-0.2, 0) is 12.8 Å². The van der Waals surface area contributed by atoms with E-state index < -0.39 is 0 Å². The van der Waals surface area contributed by atoms with Gasteiger partial charge in [-0.25, -0.2) is 0 Å². The second-order valence-electron chi connectivity index (χ2n) is 6.44. The van der Waals surface area contributed by atoms with Gasteiger partial charge in [0.1, 0.15) is 5.75 Å². The van der Waals surface area contributed by atoms with E-state index in [0.717, 1.165) is 29.7 Å². The van der Waals surface area contributed by atoms with Gasteiger partial charge in [0.15, 0.2) is 0 Å². The Labute approximate surface area is 145 Å². The van der Waals surface area contributed by atoms with Gasteiger partial charge in [0.05, 0.1) is 6.61 Å². The number of ether oxygens (including phenoxy) is 1. The molecule has 0 unspecified atom stereocenters.